The van der Waals surface area contributed by atoms with E-state index in [1.165, 1.54) is 0 Å². The SMILES string of the molecule is CCCN1CCC2(CCN(C(=O)c3cc(-c4ccncc4)nc4ccccc34)C2)C1=O. The molecule has 2 aromatic heterocycles. The predicted molar refractivity (Wildman–Crippen MR) is 119 cm³/mol. The molecule has 0 saturated carbocycles. The first-order valence-corrected chi connectivity index (χ1v) is 11.0. The molecule has 6 nitrogen and oxygen atoms in total. The average molecular weight is 415 g/mol. The number of carbonyl (C=O) groups is 2. The molecule has 2 fully saturated rings. The molecule has 0 N–H and O–H groups in total. The van der Waals surface area contributed by atoms with Crippen molar-refractivity contribution in [3.63, 3.8) is 0 Å². The molecule has 1 spiro atoms. The molecule has 3 aromatic rings. The van der Waals surface area contributed by atoms with Crippen molar-refractivity contribution in [1.29, 1.82) is 0 Å². The number of benzene rings is 1. The molecule has 2 amide bonds. The number of carbonyl (C=O) groups excluding carboxylic acids is 2. The molecule has 2 saturated heterocycles. The summed E-state index contributed by atoms with van der Waals surface area (Å²) in [6, 6.07) is 13.4. The van der Waals surface area contributed by atoms with Gasteiger partial charge >= 0.3 is 0 Å². The Morgan fingerprint density at radius 2 is 1.87 bits per heavy atom. The van der Waals surface area contributed by atoms with Crippen molar-refractivity contribution < 1.29 is 9.59 Å². The van der Waals surface area contributed by atoms with Gasteiger partial charge in [0.15, 0.2) is 0 Å². The minimum Gasteiger partial charge on any atom is -0.342 e. The van der Waals surface area contributed by atoms with E-state index in [4.69, 9.17) is 4.98 Å². The van der Waals surface area contributed by atoms with Crippen molar-refractivity contribution in [2.45, 2.75) is 26.2 Å². The fourth-order valence-corrected chi connectivity index (χ4v) is 4.99. The lowest BCUT2D eigenvalue weighted by Crippen LogP contribution is -2.38. The van der Waals surface area contributed by atoms with Crippen LogP contribution >= 0.6 is 0 Å². The largest absolute Gasteiger partial charge is 0.342 e. The molecule has 31 heavy (non-hydrogen) atoms. The zero-order valence-corrected chi connectivity index (χ0v) is 17.8. The Kier molecular flexibility index (Phi) is 4.93. The van der Waals surface area contributed by atoms with Crippen molar-refractivity contribution >= 4 is 22.7 Å². The first-order chi connectivity index (χ1) is 15.1. The number of likely N-dealkylation sites (tertiary alicyclic amines) is 2. The summed E-state index contributed by atoms with van der Waals surface area (Å²) in [6.45, 7) is 4.83. The topological polar surface area (TPSA) is 66.4 Å². The molecule has 0 aliphatic carbocycles. The van der Waals surface area contributed by atoms with Gasteiger partial charge in [-0.1, -0.05) is 25.1 Å². The quantitative estimate of drug-likeness (QED) is 0.652. The molecule has 2 aliphatic rings. The number of hydrogen-bond acceptors (Lipinski definition) is 4. The monoisotopic (exact) mass is 414 g/mol. The summed E-state index contributed by atoms with van der Waals surface area (Å²) < 4.78 is 0. The van der Waals surface area contributed by atoms with E-state index in [9.17, 15) is 9.59 Å². The zero-order valence-electron chi connectivity index (χ0n) is 17.8. The number of amides is 2. The summed E-state index contributed by atoms with van der Waals surface area (Å²) in [4.78, 5) is 39.4. The molecular formula is C25H26N4O2. The molecule has 2 aliphatic heterocycles. The summed E-state index contributed by atoms with van der Waals surface area (Å²) in [6.07, 6.45) is 6.01. The van der Waals surface area contributed by atoms with Gasteiger partial charge in [-0.2, -0.15) is 0 Å². The van der Waals surface area contributed by atoms with Crippen LogP contribution in [0, 0.1) is 5.41 Å². The lowest BCUT2D eigenvalue weighted by molar-refractivity contribution is -0.135. The van der Waals surface area contributed by atoms with Gasteiger partial charge in [0, 0.05) is 49.5 Å². The van der Waals surface area contributed by atoms with Crippen LogP contribution < -0.4 is 0 Å². The summed E-state index contributed by atoms with van der Waals surface area (Å²) in [5.41, 5.74) is 2.71. The van der Waals surface area contributed by atoms with Crippen molar-refractivity contribution in [2.75, 3.05) is 26.2 Å². The highest BCUT2D eigenvalue weighted by Gasteiger charge is 2.51. The number of rotatable bonds is 4. The van der Waals surface area contributed by atoms with Gasteiger partial charge in [0.2, 0.25) is 5.91 Å². The van der Waals surface area contributed by atoms with Crippen LogP contribution in [0.25, 0.3) is 22.2 Å². The highest BCUT2D eigenvalue weighted by atomic mass is 16.2. The van der Waals surface area contributed by atoms with E-state index in [-0.39, 0.29) is 11.8 Å². The number of nitrogens with zero attached hydrogens (tertiary/aromatic N) is 4. The maximum Gasteiger partial charge on any atom is 0.254 e. The molecule has 5 rings (SSSR count). The molecule has 1 aromatic carbocycles. The van der Waals surface area contributed by atoms with Crippen molar-refractivity contribution in [3.8, 4) is 11.3 Å². The van der Waals surface area contributed by atoms with Crippen LogP contribution in [0.1, 0.15) is 36.5 Å². The van der Waals surface area contributed by atoms with Gasteiger partial charge in [-0.05, 0) is 43.5 Å². The minimum absolute atomic E-state index is 0.0208. The third-order valence-corrected chi connectivity index (χ3v) is 6.66. The van der Waals surface area contributed by atoms with Gasteiger partial charge in [0.1, 0.15) is 0 Å². The van der Waals surface area contributed by atoms with Crippen LogP contribution in [-0.2, 0) is 4.79 Å². The predicted octanol–water partition coefficient (Wildman–Crippen LogP) is 3.77. The third kappa shape index (κ3) is 3.36. The van der Waals surface area contributed by atoms with Gasteiger partial charge in [-0.25, -0.2) is 4.98 Å². The minimum atomic E-state index is -0.401. The number of aromatic nitrogens is 2. The normalized spacial score (nSPS) is 20.9. The Morgan fingerprint density at radius 3 is 2.68 bits per heavy atom. The van der Waals surface area contributed by atoms with Gasteiger partial charge in [-0.3, -0.25) is 14.6 Å². The van der Waals surface area contributed by atoms with E-state index in [0.717, 1.165) is 54.5 Å². The molecule has 1 atom stereocenters. The highest BCUT2D eigenvalue weighted by molar-refractivity contribution is 6.07. The molecule has 0 bridgehead atoms. The Labute approximate surface area is 181 Å². The van der Waals surface area contributed by atoms with Crippen LogP contribution in [-0.4, -0.2) is 57.8 Å². The second-order valence-electron chi connectivity index (χ2n) is 8.61. The molecule has 1 unspecified atom stereocenters. The number of pyridine rings is 2. The fraction of sp³-hybridized carbons (Fsp3) is 0.360. The number of hydrogen-bond donors (Lipinski definition) is 0. The second-order valence-corrected chi connectivity index (χ2v) is 8.61. The summed E-state index contributed by atoms with van der Waals surface area (Å²) in [5.74, 6) is 0.203. The van der Waals surface area contributed by atoms with E-state index in [1.54, 1.807) is 12.4 Å². The van der Waals surface area contributed by atoms with Crippen molar-refractivity contribution in [2.24, 2.45) is 5.41 Å². The molecule has 4 heterocycles. The highest BCUT2D eigenvalue weighted by Crippen LogP contribution is 2.41. The third-order valence-electron chi connectivity index (χ3n) is 6.66. The van der Waals surface area contributed by atoms with E-state index in [0.29, 0.717) is 18.7 Å². The van der Waals surface area contributed by atoms with Crippen LogP contribution in [0.4, 0.5) is 0 Å². The van der Waals surface area contributed by atoms with Crippen LogP contribution in [0.5, 0.6) is 0 Å². The smallest absolute Gasteiger partial charge is 0.254 e. The van der Waals surface area contributed by atoms with Crippen LogP contribution in [0.2, 0.25) is 0 Å². The Morgan fingerprint density at radius 1 is 1.10 bits per heavy atom. The number of para-hydroxylation sites is 1. The first-order valence-electron chi connectivity index (χ1n) is 11.0. The van der Waals surface area contributed by atoms with Crippen molar-refractivity contribution in [3.05, 3.63) is 60.4 Å². The Hall–Kier alpha value is -3.28. The maximum atomic E-state index is 13.7. The zero-order chi connectivity index (χ0) is 21.4. The van der Waals surface area contributed by atoms with Gasteiger partial charge in [-0.15, -0.1) is 0 Å². The molecule has 158 valence electrons. The lowest BCUT2D eigenvalue weighted by Gasteiger charge is -2.24. The Bertz CT molecular complexity index is 1150. The molecule has 6 heteroatoms. The van der Waals surface area contributed by atoms with Crippen LogP contribution in [0.15, 0.2) is 54.9 Å². The second kappa shape index (κ2) is 7.76. The van der Waals surface area contributed by atoms with E-state index < -0.39 is 5.41 Å². The number of fused-ring (bicyclic) bond motifs is 1. The molecule has 0 radical (unpaired) electrons. The lowest BCUT2D eigenvalue weighted by atomic mass is 9.85. The van der Waals surface area contributed by atoms with Gasteiger partial charge in [0.25, 0.3) is 5.91 Å². The standard InChI is InChI=1S/C25H26N4O2/c1-2-13-28-14-9-25(24(28)31)10-15-29(17-25)23(30)20-16-22(18-7-11-26-12-8-18)27-21-6-4-3-5-19(20)21/h3-8,11-12,16H,2,9-10,13-15,17H2,1H3. The van der Waals surface area contributed by atoms with Crippen molar-refractivity contribution in [1.82, 2.24) is 19.8 Å². The fourth-order valence-electron chi connectivity index (χ4n) is 4.99. The summed E-state index contributed by atoms with van der Waals surface area (Å²) in [5, 5.41) is 0.844. The Balaban J connectivity index is 1.49. The average Bonchev–Trinajstić information content (AvgIpc) is 3.38. The summed E-state index contributed by atoms with van der Waals surface area (Å²) in [7, 11) is 0. The molecular weight excluding hydrogens is 388 g/mol. The van der Waals surface area contributed by atoms with E-state index in [2.05, 4.69) is 11.9 Å². The van der Waals surface area contributed by atoms with E-state index in [1.807, 2.05) is 52.3 Å². The van der Waals surface area contributed by atoms with Crippen LogP contribution in [0.3, 0.4) is 0 Å². The van der Waals surface area contributed by atoms with Gasteiger partial charge < -0.3 is 9.80 Å². The summed E-state index contributed by atoms with van der Waals surface area (Å²) >= 11 is 0. The van der Waals surface area contributed by atoms with E-state index >= 15 is 0 Å². The maximum absolute atomic E-state index is 13.7. The first kappa shape index (κ1) is 19.7. The van der Waals surface area contributed by atoms with Gasteiger partial charge in [0.05, 0.1) is 22.2 Å².